The van der Waals surface area contributed by atoms with E-state index in [-0.39, 0.29) is 59.8 Å². The Labute approximate surface area is 272 Å². The zero-order valence-electron chi connectivity index (χ0n) is 24.9. The summed E-state index contributed by atoms with van der Waals surface area (Å²) in [6.07, 6.45) is 0.853. The summed E-state index contributed by atoms with van der Waals surface area (Å²) in [6.45, 7) is 6.03. The monoisotopic (exact) mass is 684 g/mol. The van der Waals surface area contributed by atoms with Gasteiger partial charge in [-0.2, -0.15) is 0 Å². The summed E-state index contributed by atoms with van der Waals surface area (Å²) < 4.78 is 35.3. The molecule has 2 aromatic rings. The highest BCUT2D eigenvalue weighted by molar-refractivity contribution is 6.31. The predicted octanol–water partition coefficient (Wildman–Crippen LogP) is 4.69. The van der Waals surface area contributed by atoms with Gasteiger partial charge in [0, 0.05) is 49.5 Å². The summed E-state index contributed by atoms with van der Waals surface area (Å²) in [6, 6.07) is 2.88. The minimum Gasteiger partial charge on any atom is -0.444 e. The third-order valence-corrected chi connectivity index (χ3v) is 7.87. The number of amides is 1. The molecule has 0 radical (unpaired) electrons. The first-order valence-corrected chi connectivity index (χ1v) is 14.8. The van der Waals surface area contributed by atoms with Crippen LogP contribution in [0.25, 0.3) is 0 Å². The summed E-state index contributed by atoms with van der Waals surface area (Å²) in [7, 11) is 0. The van der Waals surface area contributed by atoms with Crippen molar-refractivity contribution >= 4 is 41.7 Å². The van der Waals surface area contributed by atoms with E-state index in [1.165, 1.54) is 29.4 Å². The van der Waals surface area contributed by atoms with Crippen LogP contribution in [-0.2, 0) is 16.1 Å². The third-order valence-electron chi connectivity index (χ3n) is 7.29. The molecule has 2 atom stereocenters. The van der Waals surface area contributed by atoms with Gasteiger partial charge >= 0.3 is 6.09 Å². The molecule has 0 bridgehead atoms. The van der Waals surface area contributed by atoms with E-state index in [0.717, 1.165) is 0 Å². The molecule has 0 unspecified atom stereocenters. The zero-order chi connectivity index (χ0) is 32.0. The smallest absolute Gasteiger partial charge is 0.410 e. The van der Waals surface area contributed by atoms with Gasteiger partial charge in [-0.1, -0.05) is 23.2 Å². The number of alkyl halides is 2. The number of carbonyl (C=O) groups excluding carboxylic acids is 1. The second-order valence-corrected chi connectivity index (χ2v) is 12.6. The fourth-order valence-electron chi connectivity index (χ4n) is 4.81. The van der Waals surface area contributed by atoms with E-state index < -0.39 is 48.5 Å². The average Bonchev–Trinajstić information content (AvgIpc) is 2.96. The van der Waals surface area contributed by atoms with Crippen LogP contribution in [0.3, 0.4) is 0 Å². The Bertz CT molecular complexity index is 1240. The summed E-state index contributed by atoms with van der Waals surface area (Å²) >= 11 is 12.2. The lowest BCUT2D eigenvalue weighted by atomic mass is 9.89. The van der Waals surface area contributed by atoms with Gasteiger partial charge in [0.05, 0.1) is 34.6 Å². The number of aliphatic hydroxyl groups is 4. The number of hydrogen-bond donors (Lipinski definition) is 5. The quantitative estimate of drug-likeness (QED) is 0.292. The third kappa shape index (κ3) is 9.80. The highest BCUT2D eigenvalue weighted by Gasteiger charge is 2.41. The number of nitrogens with one attached hydrogen (secondary N) is 1. The molecule has 2 aliphatic rings. The molecule has 2 aliphatic heterocycles. The van der Waals surface area contributed by atoms with Crippen molar-refractivity contribution in [3.8, 4) is 0 Å². The number of aromatic nitrogens is 2. The van der Waals surface area contributed by atoms with Gasteiger partial charge in [0.2, 0.25) is 0 Å². The highest BCUT2D eigenvalue weighted by Crippen LogP contribution is 2.40. The van der Waals surface area contributed by atoms with E-state index in [9.17, 15) is 19.4 Å². The van der Waals surface area contributed by atoms with Crippen molar-refractivity contribution in [1.29, 1.82) is 0 Å². The number of piperidine rings is 2. The topological polar surface area (TPSA) is 148 Å². The number of ether oxygens (including phenoxy) is 1. The van der Waals surface area contributed by atoms with Gasteiger partial charge in [-0.15, -0.1) is 12.4 Å². The van der Waals surface area contributed by atoms with Gasteiger partial charge in [-0.05, 0) is 58.8 Å². The first kappa shape index (κ1) is 38.3. The van der Waals surface area contributed by atoms with Crippen LogP contribution in [0, 0.1) is 0 Å². The van der Waals surface area contributed by atoms with Crippen LogP contribution in [0.15, 0.2) is 24.5 Å². The Morgan fingerprint density at radius 2 is 1.34 bits per heavy atom. The van der Waals surface area contributed by atoms with Crippen molar-refractivity contribution in [1.82, 2.24) is 20.2 Å². The number of rotatable bonds is 6. The summed E-state index contributed by atoms with van der Waals surface area (Å²) in [5.41, 5.74) is -2.83. The standard InChI is InChI=1S/C17H24ClFN2O4.C12H16ClFN2O2.ClH/c1-16(2,3)25-15(24)21-6-4-17(19,5-7-21)14-12(18)8-11(9-20-14)13(23)10-22;13-9-5-8(10(18)7-17)6-16-11(9)12(14)1-3-15-4-2-12;/h8-9,13,22-23H,4-7,10H2,1-3H3;5-6,10,15,17-18H,1-4,7H2;1H/t13-;10-;/m11./s1. The van der Waals surface area contributed by atoms with Gasteiger partial charge in [0.15, 0.2) is 11.3 Å². The Morgan fingerprint density at radius 1 is 0.932 bits per heavy atom. The molecule has 44 heavy (non-hydrogen) atoms. The lowest BCUT2D eigenvalue weighted by molar-refractivity contribution is 0.00124. The van der Waals surface area contributed by atoms with Crippen LogP contribution >= 0.6 is 35.6 Å². The molecule has 0 saturated carbocycles. The van der Waals surface area contributed by atoms with Gasteiger partial charge in [0.1, 0.15) is 17.8 Å². The molecule has 10 nitrogen and oxygen atoms in total. The van der Waals surface area contributed by atoms with Crippen LogP contribution in [0.5, 0.6) is 0 Å². The number of aliphatic hydroxyl groups excluding tert-OH is 4. The first-order valence-electron chi connectivity index (χ1n) is 14.1. The molecule has 2 saturated heterocycles. The second kappa shape index (κ2) is 16.1. The number of nitrogens with zero attached hydrogens (tertiary/aromatic N) is 3. The van der Waals surface area contributed by atoms with Gasteiger partial charge < -0.3 is 35.4 Å². The largest absolute Gasteiger partial charge is 0.444 e. The molecule has 248 valence electrons. The molecule has 4 heterocycles. The van der Waals surface area contributed by atoms with Crippen molar-refractivity contribution in [3.05, 3.63) is 57.1 Å². The van der Waals surface area contributed by atoms with Crippen molar-refractivity contribution in [2.75, 3.05) is 39.4 Å². The van der Waals surface area contributed by atoms with Crippen LogP contribution in [0.1, 0.15) is 81.2 Å². The van der Waals surface area contributed by atoms with Gasteiger partial charge in [-0.3, -0.25) is 9.97 Å². The number of hydrogen-bond acceptors (Lipinski definition) is 9. The molecular weight excluding hydrogens is 645 g/mol. The fourth-order valence-corrected chi connectivity index (χ4v) is 5.50. The lowest BCUT2D eigenvalue weighted by Crippen LogP contribution is -2.45. The zero-order valence-corrected chi connectivity index (χ0v) is 27.2. The molecule has 5 N–H and O–H groups in total. The maximum atomic E-state index is 15.3. The minimum absolute atomic E-state index is 0. The maximum Gasteiger partial charge on any atom is 0.410 e. The van der Waals surface area contributed by atoms with E-state index in [0.29, 0.717) is 37.1 Å². The van der Waals surface area contributed by atoms with Crippen LogP contribution in [0.2, 0.25) is 10.0 Å². The van der Waals surface area contributed by atoms with Gasteiger partial charge in [0.25, 0.3) is 0 Å². The van der Waals surface area contributed by atoms with Crippen molar-refractivity contribution in [3.63, 3.8) is 0 Å². The Hall–Kier alpha value is -1.90. The Balaban J connectivity index is 0.000000315. The molecule has 0 aromatic carbocycles. The summed E-state index contributed by atoms with van der Waals surface area (Å²) in [4.78, 5) is 21.6. The molecule has 2 fully saturated rings. The summed E-state index contributed by atoms with van der Waals surface area (Å²) in [5.74, 6) is 0. The van der Waals surface area contributed by atoms with Crippen LogP contribution < -0.4 is 5.32 Å². The number of carbonyl (C=O) groups is 1. The van der Waals surface area contributed by atoms with Crippen molar-refractivity contribution in [2.45, 2.75) is 75.6 Å². The molecule has 1 amide bonds. The molecule has 0 spiro atoms. The minimum atomic E-state index is -1.75. The maximum absolute atomic E-state index is 15.3. The number of pyridine rings is 2. The molecule has 0 aliphatic carbocycles. The van der Waals surface area contributed by atoms with E-state index in [1.54, 1.807) is 20.8 Å². The van der Waals surface area contributed by atoms with E-state index >= 15 is 4.39 Å². The van der Waals surface area contributed by atoms with Crippen molar-refractivity contribution in [2.24, 2.45) is 0 Å². The lowest BCUT2D eigenvalue weighted by Gasteiger charge is -2.37. The molecular formula is C29H41Cl3F2N4O6. The SMILES string of the molecule is CC(C)(C)OC(=O)N1CCC(F)(c2ncc([C@H](O)CO)cc2Cl)CC1.Cl.OC[C@@H](O)c1cnc(C2(F)CCNCC2)c(Cl)c1. The Kier molecular flexibility index (Phi) is 14.0. The molecule has 2 aromatic heterocycles. The van der Waals surface area contributed by atoms with Crippen LogP contribution in [-0.4, -0.2) is 86.4 Å². The second-order valence-electron chi connectivity index (χ2n) is 11.7. The molecule has 15 heteroatoms. The summed E-state index contributed by atoms with van der Waals surface area (Å²) in [5, 5.41) is 40.3. The predicted molar refractivity (Wildman–Crippen MR) is 165 cm³/mol. The van der Waals surface area contributed by atoms with Crippen molar-refractivity contribution < 1.29 is 38.7 Å². The Morgan fingerprint density at radius 3 is 1.70 bits per heavy atom. The van der Waals surface area contributed by atoms with Gasteiger partial charge in [-0.25, -0.2) is 13.6 Å². The van der Waals surface area contributed by atoms with E-state index in [1.807, 2.05) is 0 Å². The fraction of sp³-hybridized carbons (Fsp3) is 0.621. The van der Waals surface area contributed by atoms with Crippen LogP contribution in [0.4, 0.5) is 13.6 Å². The highest BCUT2D eigenvalue weighted by atomic mass is 35.5. The normalized spacial score (nSPS) is 19.1. The van der Waals surface area contributed by atoms with E-state index in [4.69, 9.17) is 38.2 Å². The van der Waals surface area contributed by atoms with E-state index in [2.05, 4.69) is 15.3 Å². The average molecular weight is 686 g/mol. The number of likely N-dealkylation sites (tertiary alicyclic amines) is 1. The molecule has 4 rings (SSSR count). The first-order chi connectivity index (χ1) is 20.1. The number of halogens is 5.